The Kier molecular flexibility index (Phi) is 5.85. The summed E-state index contributed by atoms with van der Waals surface area (Å²) in [5.41, 5.74) is 0.986. The summed E-state index contributed by atoms with van der Waals surface area (Å²) in [5.74, 6) is -1.67. The molecule has 1 aliphatic rings. The minimum absolute atomic E-state index is 0.128. The van der Waals surface area contributed by atoms with Crippen molar-refractivity contribution >= 4 is 17.6 Å². The van der Waals surface area contributed by atoms with Crippen LogP contribution in [0.5, 0.6) is 0 Å². The van der Waals surface area contributed by atoms with Crippen molar-refractivity contribution in [2.24, 2.45) is 11.8 Å². The van der Waals surface area contributed by atoms with E-state index in [2.05, 4.69) is 5.32 Å². The van der Waals surface area contributed by atoms with E-state index in [0.29, 0.717) is 36.9 Å². The average molecular weight is 343 g/mol. The van der Waals surface area contributed by atoms with Gasteiger partial charge in [0.2, 0.25) is 5.91 Å². The highest BCUT2D eigenvalue weighted by atomic mass is 19.4. The number of carboxylic acid groups (broad SMARTS) is 1. The lowest BCUT2D eigenvalue weighted by Gasteiger charge is -2.25. The zero-order valence-electron chi connectivity index (χ0n) is 13.1. The van der Waals surface area contributed by atoms with Gasteiger partial charge < -0.3 is 10.4 Å². The number of hydrogen-bond donors (Lipinski definition) is 2. The second kappa shape index (κ2) is 7.68. The number of aryl methyl sites for hydroxylation is 1. The topological polar surface area (TPSA) is 66.4 Å². The van der Waals surface area contributed by atoms with Crippen LogP contribution in [0.25, 0.3) is 0 Å². The maximum absolute atomic E-state index is 12.3. The number of amides is 1. The van der Waals surface area contributed by atoms with Crippen LogP contribution in [0.2, 0.25) is 0 Å². The van der Waals surface area contributed by atoms with Crippen LogP contribution in [0, 0.1) is 11.8 Å². The Bertz CT molecular complexity index is 593. The molecule has 0 aromatic heterocycles. The maximum Gasteiger partial charge on any atom is 0.389 e. The first-order valence-electron chi connectivity index (χ1n) is 7.94. The molecule has 1 amide bonds. The van der Waals surface area contributed by atoms with Gasteiger partial charge >= 0.3 is 12.1 Å². The first-order chi connectivity index (χ1) is 11.2. The third-order valence-corrected chi connectivity index (χ3v) is 4.34. The molecule has 0 radical (unpaired) electrons. The molecule has 4 nitrogen and oxygen atoms in total. The highest BCUT2D eigenvalue weighted by molar-refractivity contribution is 5.92. The largest absolute Gasteiger partial charge is 0.481 e. The van der Waals surface area contributed by atoms with Gasteiger partial charge in [-0.15, -0.1) is 0 Å². The van der Waals surface area contributed by atoms with Crippen LogP contribution >= 0.6 is 0 Å². The highest BCUT2D eigenvalue weighted by Crippen LogP contribution is 2.30. The molecule has 1 aromatic rings. The van der Waals surface area contributed by atoms with Gasteiger partial charge in [0.05, 0.1) is 5.92 Å². The highest BCUT2D eigenvalue weighted by Gasteiger charge is 2.30. The predicted octanol–water partition coefficient (Wildman–Crippen LogP) is 4.01. The van der Waals surface area contributed by atoms with Gasteiger partial charge in [0.1, 0.15) is 0 Å². The molecule has 24 heavy (non-hydrogen) atoms. The average Bonchev–Trinajstić information content (AvgIpc) is 2.53. The standard InChI is InChI=1S/C17H20F3NO3/c18-17(19,20)9-8-11-2-1-3-14(10-11)21-15(22)12-4-6-13(7-5-12)16(23)24/h1-3,10,12-13H,4-9H2,(H,21,22)(H,23,24). The number of carbonyl (C=O) groups is 2. The van der Waals surface area contributed by atoms with Gasteiger partial charge in [0, 0.05) is 18.0 Å². The molecular formula is C17H20F3NO3. The van der Waals surface area contributed by atoms with E-state index < -0.39 is 18.6 Å². The summed E-state index contributed by atoms with van der Waals surface area (Å²) in [6.07, 6.45) is -3.27. The summed E-state index contributed by atoms with van der Waals surface area (Å²) in [4.78, 5) is 23.1. The summed E-state index contributed by atoms with van der Waals surface area (Å²) < 4.78 is 36.8. The smallest absolute Gasteiger partial charge is 0.389 e. The summed E-state index contributed by atoms with van der Waals surface area (Å²) in [6, 6.07) is 6.40. The number of hydrogen-bond acceptors (Lipinski definition) is 2. The maximum atomic E-state index is 12.3. The Morgan fingerprint density at radius 2 is 1.75 bits per heavy atom. The van der Waals surface area contributed by atoms with Gasteiger partial charge in [-0.2, -0.15) is 13.2 Å². The number of carbonyl (C=O) groups excluding carboxylic acids is 1. The molecular weight excluding hydrogens is 323 g/mol. The molecule has 132 valence electrons. The number of benzene rings is 1. The Morgan fingerprint density at radius 1 is 1.12 bits per heavy atom. The van der Waals surface area contributed by atoms with Crippen LogP contribution in [0.3, 0.4) is 0 Å². The third kappa shape index (κ3) is 5.54. The van der Waals surface area contributed by atoms with Gasteiger partial charge in [-0.05, 0) is 49.8 Å². The normalized spacial score (nSPS) is 21.3. The number of carboxylic acids is 1. The quantitative estimate of drug-likeness (QED) is 0.849. The molecule has 0 saturated heterocycles. The first-order valence-corrected chi connectivity index (χ1v) is 7.94. The van der Waals surface area contributed by atoms with Gasteiger partial charge in [-0.1, -0.05) is 12.1 Å². The Balaban J connectivity index is 1.89. The van der Waals surface area contributed by atoms with Crippen LogP contribution in [-0.2, 0) is 16.0 Å². The van der Waals surface area contributed by atoms with Crippen LogP contribution in [-0.4, -0.2) is 23.2 Å². The number of nitrogens with one attached hydrogen (secondary N) is 1. The van der Waals surface area contributed by atoms with Crippen molar-refractivity contribution < 1.29 is 27.9 Å². The second-order valence-corrected chi connectivity index (χ2v) is 6.19. The molecule has 0 atom stereocenters. The Morgan fingerprint density at radius 3 is 2.33 bits per heavy atom. The molecule has 0 bridgehead atoms. The second-order valence-electron chi connectivity index (χ2n) is 6.19. The van der Waals surface area contributed by atoms with Crippen molar-refractivity contribution in [3.63, 3.8) is 0 Å². The lowest BCUT2D eigenvalue weighted by atomic mass is 9.81. The minimum atomic E-state index is -4.21. The van der Waals surface area contributed by atoms with Crippen molar-refractivity contribution in [1.82, 2.24) is 0 Å². The zero-order valence-corrected chi connectivity index (χ0v) is 13.1. The Labute approximate surface area is 138 Å². The van der Waals surface area contributed by atoms with Crippen molar-refractivity contribution in [2.45, 2.75) is 44.7 Å². The molecule has 2 rings (SSSR count). The fourth-order valence-corrected chi connectivity index (χ4v) is 2.94. The summed E-state index contributed by atoms with van der Waals surface area (Å²) in [5, 5.41) is 11.7. The van der Waals surface area contributed by atoms with Crippen molar-refractivity contribution in [3.8, 4) is 0 Å². The van der Waals surface area contributed by atoms with Gasteiger partial charge in [0.25, 0.3) is 0 Å². The van der Waals surface area contributed by atoms with Crippen molar-refractivity contribution in [2.75, 3.05) is 5.32 Å². The van der Waals surface area contributed by atoms with Gasteiger partial charge in [-0.3, -0.25) is 9.59 Å². The summed E-state index contributed by atoms with van der Waals surface area (Å²) >= 11 is 0. The van der Waals surface area contributed by atoms with Crippen molar-refractivity contribution in [1.29, 1.82) is 0 Å². The molecule has 0 aliphatic heterocycles. The molecule has 1 aromatic carbocycles. The Hall–Kier alpha value is -2.05. The van der Waals surface area contributed by atoms with E-state index in [1.807, 2.05) is 0 Å². The van der Waals surface area contributed by atoms with Gasteiger partial charge in [0.15, 0.2) is 0 Å². The fraction of sp³-hybridized carbons (Fsp3) is 0.529. The van der Waals surface area contributed by atoms with E-state index in [1.54, 1.807) is 24.3 Å². The first kappa shape index (κ1) is 18.3. The molecule has 0 unspecified atom stereocenters. The van der Waals surface area contributed by atoms with E-state index in [-0.39, 0.29) is 24.2 Å². The summed E-state index contributed by atoms with van der Waals surface area (Å²) in [7, 11) is 0. The third-order valence-electron chi connectivity index (χ3n) is 4.34. The number of anilines is 1. The minimum Gasteiger partial charge on any atom is -0.481 e. The summed E-state index contributed by atoms with van der Waals surface area (Å²) in [6.45, 7) is 0. The number of rotatable bonds is 5. The molecule has 0 heterocycles. The molecule has 2 N–H and O–H groups in total. The van der Waals surface area contributed by atoms with E-state index in [9.17, 15) is 22.8 Å². The van der Waals surface area contributed by atoms with Crippen LogP contribution in [0.15, 0.2) is 24.3 Å². The van der Waals surface area contributed by atoms with Crippen LogP contribution < -0.4 is 5.32 Å². The monoisotopic (exact) mass is 343 g/mol. The zero-order chi connectivity index (χ0) is 17.7. The molecule has 1 aliphatic carbocycles. The molecule has 1 saturated carbocycles. The van der Waals surface area contributed by atoms with E-state index in [0.717, 1.165) is 0 Å². The van der Waals surface area contributed by atoms with Crippen LogP contribution in [0.1, 0.15) is 37.7 Å². The number of halogens is 3. The predicted molar refractivity (Wildman–Crippen MR) is 82.5 cm³/mol. The lowest BCUT2D eigenvalue weighted by molar-refractivity contribution is -0.143. The lowest BCUT2D eigenvalue weighted by Crippen LogP contribution is -2.29. The van der Waals surface area contributed by atoms with Gasteiger partial charge in [-0.25, -0.2) is 0 Å². The number of aliphatic carboxylic acids is 1. The fourth-order valence-electron chi connectivity index (χ4n) is 2.94. The molecule has 1 fully saturated rings. The van der Waals surface area contributed by atoms with E-state index in [4.69, 9.17) is 5.11 Å². The SMILES string of the molecule is O=C(O)C1CCC(C(=O)Nc2cccc(CCC(F)(F)F)c2)CC1. The van der Waals surface area contributed by atoms with E-state index >= 15 is 0 Å². The van der Waals surface area contributed by atoms with Crippen LogP contribution in [0.4, 0.5) is 18.9 Å². The number of alkyl halides is 3. The van der Waals surface area contributed by atoms with Crippen molar-refractivity contribution in [3.05, 3.63) is 29.8 Å². The molecule has 7 heteroatoms. The van der Waals surface area contributed by atoms with E-state index in [1.165, 1.54) is 0 Å². The molecule has 0 spiro atoms.